The first-order valence-electron chi connectivity index (χ1n) is 6.11. The van der Waals surface area contributed by atoms with Crippen LogP contribution in [0, 0.1) is 15.5 Å². The minimum atomic E-state index is -3.76. The van der Waals surface area contributed by atoms with Gasteiger partial charge in [0.15, 0.2) is 5.75 Å². The molecule has 1 heterocycles. The van der Waals surface area contributed by atoms with Gasteiger partial charge in [-0.25, -0.2) is 8.42 Å². The smallest absolute Gasteiger partial charge is 0.312 e. The van der Waals surface area contributed by atoms with E-state index >= 15 is 0 Å². The summed E-state index contributed by atoms with van der Waals surface area (Å²) < 4.78 is 26.2. The quantitative estimate of drug-likeness (QED) is 0.676. The van der Waals surface area contributed by atoms with Gasteiger partial charge >= 0.3 is 5.69 Å². The van der Waals surface area contributed by atoms with Crippen LogP contribution >= 0.6 is 0 Å². The van der Waals surface area contributed by atoms with E-state index in [1.807, 2.05) is 13.8 Å². The van der Waals surface area contributed by atoms with Crippen LogP contribution in [0.5, 0.6) is 5.75 Å². The van der Waals surface area contributed by atoms with E-state index in [0.717, 1.165) is 18.6 Å². The molecule has 1 aliphatic rings. The van der Waals surface area contributed by atoms with Crippen LogP contribution in [0.4, 0.5) is 5.69 Å². The predicted molar refractivity (Wildman–Crippen MR) is 71.9 cm³/mol. The number of sulfonamides is 1. The Bertz CT molecular complexity index is 654. The number of phenols is 1. The Morgan fingerprint density at radius 1 is 1.40 bits per heavy atom. The van der Waals surface area contributed by atoms with Crippen molar-refractivity contribution in [2.24, 2.45) is 5.41 Å². The van der Waals surface area contributed by atoms with Gasteiger partial charge in [-0.2, -0.15) is 4.31 Å². The van der Waals surface area contributed by atoms with Gasteiger partial charge < -0.3 is 5.11 Å². The molecule has 1 aromatic carbocycles. The van der Waals surface area contributed by atoms with Crippen LogP contribution in [0.1, 0.15) is 20.3 Å². The first-order valence-corrected chi connectivity index (χ1v) is 7.55. The number of phenolic OH excluding ortho intramolecular Hbond substituents is 1. The molecule has 0 unspecified atom stereocenters. The molecule has 20 heavy (non-hydrogen) atoms. The summed E-state index contributed by atoms with van der Waals surface area (Å²) in [5, 5.41) is 20.1. The highest BCUT2D eigenvalue weighted by atomic mass is 32.2. The second-order valence-electron chi connectivity index (χ2n) is 5.66. The van der Waals surface area contributed by atoms with Gasteiger partial charge in [-0.05, 0) is 24.0 Å². The Labute approximate surface area is 117 Å². The van der Waals surface area contributed by atoms with E-state index in [9.17, 15) is 23.6 Å². The lowest BCUT2D eigenvalue weighted by Crippen LogP contribution is -2.30. The summed E-state index contributed by atoms with van der Waals surface area (Å²) in [5.41, 5.74) is -0.708. The standard InChI is InChI=1S/C12H16N2O5S/c1-12(2)5-6-13(8-12)20(18,19)9-3-4-11(15)10(7-9)14(16)17/h3-4,7,15H,5-6,8H2,1-2H3. The third-order valence-corrected chi connectivity index (χ3v) is 5.26. The van der Waals surface area contributed by atoms with Crippen LogP contribution < -0.4 is 0 Å². The summed E-state index contributed by atoms with van der Waals surface area (Å²) in [6.45, 7) is 4.72. The lowest BCUT2D eigenvalue weighted by molar-refractivity contribution is -0.386. The summed E-state index contributed by atoms with van der Waals surface area (Å²) in [6, 6.07) is 3.12. The van der Waals surface area contributed by atoms with Crippen LogP contribution in [0.25, 0.3) is 0 Å². The van der Waals surface area contributed by atoms with Gasteiger partial charge in [0.1, 0.15) is 0 Å². The van der Waals surface area contributed by atoms with E-state index in [4.69, 9.17) is 0 Å². The van der Waals surface area contributed by atoms with Crippen molar-refractivity contribution in [1.29, 1.82) is 0 Å². The van der Waals surface area contributed by atoms with Gasteiger partial charge in [0, 0.05) is 19.2 Å². The molecule has 0 saturated carbocycles. The minimum absolute atomic E-state index is 0.101. The number of nitrogens with zero attached hydrogens (tertiary/aromatic N) is 2. The van der Waals surface area contributed by atoms with Crippen molar-refractivity contribution < 1.29 is 18.4 Å². The van der Waals surface area contributed by atoms with Crippen molar-refractivity contribution in [3.05, 3.63) is 28.3 Å². The molecule has 0 bridgehead atoms. The molecule has 1 aromatic rings. The molecule has 1 fully saturated rings. The van der Waals surface area contributed by atoms with Gasteiger partial charge in [0.05, 0.1) is 9.82 Å². The molecule has 0 radical (unpaired) electrons. The molecule has 0 spiro atoms. The van der Waals surface area contributed by atoms with Crippen LogP contribution in [0.3, 0.4) is 0 Å². The Balaban J connectivity index is 2.41. The number of rotatable bonds is 3. The van der Waals surface area contributed by atoms with E-state index < -0.39 is 26.4 Å². The third-order valence-electron chi connectivity index (χ3n) is 3.42. The number of nitro groups is 1. The van der Waals surface area contributed by atoms with Crippen molar-refractivity contribution in [2.75, 3.05) is 13.1 Å². The van der Waals surface area contributed by atoms with Crippen molar-refractivity contribution in [2.45, 2.75) is 25.2 Å². The second-order valence-corrected chi connectivity index (χ2v) is 7.60. The molecule has 7 nitrogen and oxygen atoms in total. The first-order chi connectivity index (χ1) is 9.13. The zero-order valence-corrected chi connectivity index (χ0v) is 12.1. The molecule has 1 aliphatic heterocycles. The molecular weight excluding hydrogens is 284 g/mol. The van der Waals surface area contributed by atoms with E-state index in [1.54, 1.807) is 0 Å². The van der Waals surface area contributed by atoms with Crippen molar-refractivity contribution >= 4 is 15.7 Å². The number of nitro benzene ring substituents is 1. The van der Waals surface area contributed by atoms with Crippen LogP contribution in [0.15, 0.2) is 23.1 Å². The molecule has 0 aromatic heterocycles. The maximum atomic E-state index is 12.4. The SMILES string of the molecule is CC1(C)CCN(S(=O)(=O)c2ccc(O)c([N+](=O)[O-])c2)C1. The van der Waals surface area contributed by atoms with Gasteiger partial charge in [-0.15, -0.1) is 0 Å². The zero-order chi connectivity index (χ0) is 15.1. The summed E-state index contributed by atoms with van der Waals surface area (Å²) in [5.74, 6) is -0.546. The number of aromatic hydroxyl groups is 1. The number of hydrogen-bond donors (Lipinski definition) is 1. The topological polar surface area (TPSA) is 101 Å². The zero-order valence-electron chi connectivity index (χ0n) is 11.2. The second kappa shape index (κ2) is 4.71. The van der Waals surface area contributed by atoms with Gasteiger partial charge in [0.25, 0.3) is 0 Å². The van der Waals surface area contributed by atoms with Gasteiger partial charge in [-0.3, -0.25) is 10.1 Å². The van der Waals surface area contributed by atoms with Gasteiger partial charge in [-0.1, -0.05) is 13.8 Å². The van der Waals surface area contributed by atoms with Crippen LogP contribution in [0.2, 0.25) is 0 Å². The van der Waals surface area contributed by atoms with E-state index in [2.05, 4.69) is 0 Å². The maximum Gasteiger partial charge on any atom is 0.312 e. The first kappa shape index (κ1) is 14.7. The Morgan fingerprint density at radius 3 is 2.55 bits per heavy atom. The Kier molecular flexibility index (Phi) is 3.47. The van der Waals surface area contributed by atoms with Gasteiger partial charge in [0.2, 0.25) is 10.0 Å². The highest BCUT2D eigenvalue weighted by Crippen LogP contribution is 2.35. The molecule has 0 aliphatic carbocycles. The highest BCUT2D eigenvalue weighted by Gasteiger charge is 2.37. The van der Waals surface area contributed by atoms with E-state index in [-0.39, 0.29) is 10.3 Å². The Hall–Kier alpha value is -1.67. The highest BCUT2D eigenvalue weighted by molar-refractivity contribution is 7.89. The summed E-state index contributed by atoms with van der Waals surface area (Å²) in [4.78, 5) is 9.79. The van der Waals surface area contributed by atoms with E-state index in [1.165, 1.54) is 10.4 Å². The lowest BCUT2D eigenvalue weighted by atomic mass is 9.93. The predicted octanol–water partition coefficient (Wildman–Crippen LogP) is 1.72. The number of hydrogen-bond acceptors (Lipinski definition) is 5. The summed E-state index contributed by atoms with van der Waals surface area (Å²) in [7, 11) is -3.76. The fraction of sp³-hybridized carbons (Fsp3) is 0.500. The average molecular weight is 300 g/mol. The molecule has 1 saturated heterocycles. The molecule has 110 valence electrons. The molecule has 0 atom stereocenters. The molecule has 0 amide bonds. The Morgan fingerprint density at radius 2 is 2.05 bits per heavy atom. The normalized spacial score (nSPS) is 19.1. The lowest BCUT2D eigenvalue weighted by Gasteiger charge is -2.19. The monoisotopic (exact) mass is 300 g/mol. The number of benzene rings is 1. The minimum Gasteiger partial charge on any atom is -0.502 e. The average Bonchev–Trinajstić information content (AvgIpc) is 2.70. The third kappa shape index (κ3) is 2.61. The summed E-state index contributed by atoms with van der Waals surface area (Å²) in [6.07, 6.45) is 0.742. The molecule has 2 rings (SSSR count). The summed E-state index contributed by atoms with van der Waals surface area (Å²) >= 11 is 0. The van der Waals surface area contributed by atoms with Crippen molar-refractivity contribution in [1.82, 2.24) is 4.31 Å². The van der Waals surface area contributed by atoms with Crippen molar-refractivity contribution in [3.63, 3.8) is 0 Å². The fourth-order valence-electron chi connectivity index (χ4n) is 2.23. The largest absolute Gasteiger partial charge is 0.502 e. The van der Waals surface area contributed by atoms with E-state index in [0.29, 0.717) is 13.1 Å². The van der Waals surface area contributed by atoms with Crippen LogP contribution in [-0.2, 0) is 10.0 Å². The molecule has 1 N–H and O–H groups in total. The maximum absolute atomic E-state index is 12.4. The molecule has 8 heteroatoms. The molecular formula is C12H16N2O5S. The fourth-order valence-corrected chi connectivity index (χ4v) is 3.88. The van der Waals surface area contributed by atoms with Crippen molar-refractivity contribution in [3.8, 4) is 5.75 Å². The van der Waals surface area contributed by atoms with Crippen LogP contribution in [-0.4, -0.2) is 35.8 Å².